The maximum absolute atomic E-state index is 4.25. The first-order valence-corrected chi connectivity index (χ1v) is 4.68. The van der Waals surface area contributed by atoms with Crippen LogP contribution < -0.4 is 0 Å². The molecule has 0 bridgehead atoms. The van der Waals surface area contributed by atoms with Crippen LogP contribution in [-0.4, -0.2) is 30.3 Å². The zero-order valence-corrected chi connectivity index (χ0v) is 7.77. The van der Waals surface area contributed by atoms with Gasteiger partial charge in [-0.3, -0.25) is 0 Å². The fraction of sp³-hybridized carbons (Fsp3) is 1.00. The minimum atomic E-state index is 0.744. The lowest BCUT2D eigenvalue weighted by Gasteiger charge is -2.19. The molecular weight excluding hydrogens is 142 g/mol. The molecule has 1 saturated carbocycles. The van der Waals surface area contributed by atoms with E-state index in [2.05, 4.69) is 31.5 Å². The Balaban J connectivity index is 2.10. The lowest BCUT2D eigenvalue weighted by Crippen LogP contribution is -2.26. The average molecular weight is 159 g/mol. The molecule has 10 heavy (non-hydrogen) atoms. The molecule has 1 fully saturated rings. The van der Waals surface area contributed by atoms with E-state index in [-0.39, 0.29) is 0 Å². The van der Waals surface area contributed by atoms with Crippen LogP contribution in [0, 0.1) is 5.92 Å². The van der Waals surface area contributed by atoms with Gasteiger partial charge in [0.2, 0.25) is 0 Å². The molecule has 1 rings (SSSR count). The van der Waals surface area contributed by atoms with Gasteiger partial charge < -0.3 is 4.90 Å². The van der Waals surface area contributed by atoms with E-state index in [0.717, 1.165) is 17.7 Å². The van der Waals surface area contributed by atoms with Gasteiger partial charge in [-0.05, 0) is 31.6 Å². The second kappa shape index (κ2) is 3.63. The van der Waals surface area contributed by atoms with Crippen molar-refractivity contribution in [3.63, 3.8) is 0 Å². The number of hydrogen-bond donors (Lipinski definition) is 1. The summed E-state index contributed by atoms with van der Waals surface area (Å²) in [5.74, 6) is 1.76. The normalized spacial score (nSPS) is 21.6. The van der Waals surface area contributed by atoms with Gasteiger partial charge >= 0.3 is 0 Å². The summed E-state index contributed by atoms with van der Waals surface area (Å²) in [5, 5.41) is 0. The zero-order valence-electron chi connectivity index (χ0n) is 6.88. The molecule has 0 aromatic carbocycles. The molecule has 0 amide bonds. The summed E-state index contributed by atoms with van der Waals surface area (Å²) in [6.45, 7) is 3.47. The van der Waals surface area contributed by atoms with Crippen LogP contribution in [0.1, 0.15) is 19.8 Å². The van der Waals surface area contributed by atoms with E-state index in [1.54, 1.807) is 0 Å². The van der Waals surface area contributed by atoms with Gasteiger partial charge in [0.05, 0.1) is 0 Å². The van der Waals surface area contributed by atoms with Gasteiger partial charge in [0, 0.05) is 12.6 Å². The third-order valence-corrected chi connectivity index (χ3v) is 2.70. The second-order valence-corrected chi connectivity index (χ2v) is 3.82. The molecule has 1 unspecified atom stereocenters. The lowest BCUT2D eigenvalue weighted by molar-refractivity contribution is 0.288. The number of rotatable bonds is 4. The predicted octanol–water partition coefficient (Wildman–Crippen LogP) is 1.65. The molecule has 1 aliphatic carbocycles. The van der Waals surface area contributed by atoms with E-state index in [9.17, 15) is 0 Å². The van der Waals surface area contributed by atoms with Crippen molar-refractivity contribution in [2.24, 2.45) is 5.92 Å². The van der Waals surface area contributed by atoms with Gasteiger partial charge in [0.1, 0.15) is 0 Å². The van der Waals surface area contributed by atoms with Crippen molar-refractivity contribution < 1.29 is 0 Å². The molecule has 60 valence electrons. The van der Waals surface area contributed by atoms with E-state index in [0.29, 0.717) is 0 Å². The summed E-state index contributed by atoms with van der Waals surface area (Å²) >= 11 is 4.25. The van der Waals surface area contributed by atoms with Gasteiger partial charge in [0.25, 0.3) is 0 Å². The van der Waals surface area contributed by atoms with E-state index >= 15 is 0 Å². The second-order valence-electron chi connectivity index (χ2n) is 3.46. The highest BCUT2D eigenvalue weighted by Crippen LogP contribution is 2.25. The third kappa shape index (κ3) is 2.51. The molecule has 0 aromatic heterocycles. The van der Waals surface area contributed by atoms with Crippen LogP contribution >= 0.6 is 12.6 Å². The van der Waals surface area contributed by atoms with E-state index in [1.165, 1.54) is 19.4 Å². The molecule has 0 radical (unpaired) electrons. The molecule has 2 heteroatoms. The topological polar surface area (TPSA) is 3.24 Å². The largest absolute Gasteiger partial charge is 0.303 e. The first kappa shape index (κ1) is 8.41. The van der Waals surface area contributed by atoms with Crippen molar-refractivity contribution in [2.75, 3.05) is 19.3 Å². The van der Waals surface area contributed by atoms with Crippen LogP contribution in [0.4, 0.5) is 0 Å². The van der Waals surface area contributed by atoms with Gasteiger partial charge in [-0.1, -0.05) is 6.92 Å². The fourth-order valence-electron chi connectivity index (χ4n) is 1.21. The van der Waals surface area contributed by atoms with Crippen LogP contribution in [0.25, 0.3) is 0 Å². The highest BCUT2D eigenvalue weighted by molar-refractivity contribution is 7.80. The van der Waals surface area contributed by atoms with Crippen molar-refractivity contribution in [2.45, 2.75) is 25.8 Å². The summed E-state index contributed by atoms with van der Waals surface area (Å²) in [7, 11) is 2.22. The quantitative estimate of drug-likeness (QED) is 0.610. The Labute approximate surface area is 69.2 Å². The standard InChI is InChI=1S/C8H17NS/c1-7(6-10)5-9(2)8-3-4-8/h7-8,10H,3-6H2,1-2H3. The van der Waals surface area contributed by atoms with Gasteiger partial charge in [-0.25, -0.2) is 0 Å². The minimum Gasteiger partial charge on any atom is -0.303 e. The van der Waals surface area contributed by atoms with Crippen molar-refractivity contribution >= 4 is 12.6 Å². The summed E-state index contributed by atoms with van der Waals surface area (Å²) in [5.41, 5.74) is 0. The molecule has 0 aromatic rings. The summed E-state index contributed by atoms with van der Waals surface area (Å²) in [4.78, 5) is 2.46. The first-order chi connectivity index (χ1) is 4.74. The highest BCUT2D eigenvalue weighted by atomic mass is 32.1. The van der Waals surface area contributed by atoms with E-state index in [1.807, 2.05) is 0 Å². The number of thiol groups is 1. The number of hydrogen-bond acceptors (Lipinski definition) is 2. The summed E-state index contributed by atoms with van der Waals surface area (Å²) in [6.07, 6.45) is 2.82. The Morgan fingerprint density at radius 3 is 2.60 bits per heavy atom. The Bertz CT molecular complexity index is 101. The Morgan fingerprint density at radius 2 is 2.20 bits per heavy atom. The van der Waals surface area contributed by atoms with Gasteiger partial charge in [-0.2, -0.15) is 12.6 Å². The van der Waals surface area contributed by atoms with Crippen molar-refractivity contribution in [1.82, 2.24) is 4.90 Å². The molecule has 0 heterocycles. The zero-order chi connectivity index (χ0) is 7.56. The molecule has 0 spiro atoms. The molecule has 1 nitrogen and oxygen atoms in total. The first-order valence-electron chi connectivity index (χ1n) is 4.05. The van der Waals surface area contributed by atoms with Crippen molar-refractivity contribution in [3.8, 4) is 0 Å². The molecule has 0 aliphatic heterocycles. The fourth-order valence-corrected chi connectivity index (χ4v) is 1.33. The summed E-state index contributed by atoms with van der Waals surface area (Å²) < 4.78 is 0. The lowest BCUT2D eigenvalue weighted by atomic mass is 10.2. The van der Waals surface area contributed by atoms with Gasteiger partial charge in [0.15, 0.2) is 0 Å². The van der Waals surface area contributed by atoms with Crippen LogP contribution in [0.15, 0.2) is 0 Å². The molecule has 1 atom stereocenters. The van der Waals surface area contributed by atoms with Crippen LogP contribution in [0.2, 0.25) is 0 Å². The van der Waals surface area contributed by atoms with Crippen LogP contribution in [0.5, 0.6) is 0 Å². The molecule has 0 N–H and O–H groups in total. The van der Waals surface area contributed by atoms with E-state index in [4.69, 9.17) is 0 Å². The van der Waals surface area contributed by atoms with Crippen molar-refractivity contribution in [1.29, 1.82) is 0 Å². The van der Waals surface area contributed by atoms with Crippen LogP contribution in [-0.2, 0) is 0 Å². The monoisotopic (exact) mass is 159 g/mol. The molecular formula is C8H17NS. The summed E-state index contributed by atoms with van der Waals surface area (Å²) in [6, 6.07) is 0.905. The highest BCUT2D eigenvalue weighted by Gasteiger charge is 2.26. The maximum Gasteiger partial charge on any atom is 0.00934 e. The predicted molar refractivity (Wildman–Crippen MR) is 48.7 cm³/mol. The van der Waals surface area contributed by atoms with Crippen LogP contribution in [0.3, 0.4) is 0 Å². The molecule has 0 saturated heterocycles. The Hall–Kier alpha value is 0.310. The Kier molecular flexibility index (Phi) is 3.05. The smallest absolute Gasteiger partial charge is 0.00934 e. The van der Waals surface area contributed by atoms with Crippen molar-refractivity contribution in [3.05, 3.63) is 0 Å². The van der Waals surface area contributed by atoms with Gasteiger partial charge in [-0.15, -0.1) is 0 Å². The van der Waals surface area contributed by atoms with E-state index < -0.39 is 0 Å². The third-order valence-electron chi connectivity index (χ3n) is 2.08. The average Bonchev–Trinajstić information content (AvgIpc) is 2.68. The maximum atomic E-state index is 4.25. The number of nitrogens with zero attached hydrogens (tertiary/aromatic N) is 1. The molecule has 1 aliphatic rings. The Morgan fingerprint density at radius 1 is 1.60 bits per heavy atom. The minimum absolute atomic E-state index is 0.744. The SMILES string of the molecule is CC(CS)CN(C)C1CC1.